The van der Waals surface area contributed by atoms with E-state index in [2.05, 4.69) is 78.9 Å². The van der Waals surface area contributed by atoms with E-state index >= 15 is 0 Å². The van der Waals surface area contributed by atoms with E-state index < -0.39 is 0 Å². The summed E-state index contributed by atoms with van der Waals surface area (Å²) in [6.45, 7) is 0. The van der Waals surface area contributed by atoms with Crippen molar-refractivity contribution in [3.8, 4) is 11.1 Å². The Labute approximate surface area is 113 Å². The number of fused-ring (bicyclic) bond motifs is 3. The van der Waals surface area contributed by atoms with Crippen LogP contribution in [0, 0.1) is 5.92 Å². The zero-order valence-electron chi connectivity index (χ0n) is 10.5. The second-order valence-corrected chi connectivity index (χ2v) is 4.83. The fraction of sp³-hybridized carbons (Fsp3) is 0. The van der Waals surface area contributed by atoms with Crippen LogP contribution in [0.4, 0.5) is 0 Å². The molecule has 0 fully saturated rings. The van der Waals surface area contributed by atoms with Gasteiger partial charge >= 0.3 is 0 Å². The second kappa shape index (κ2) is 4.10. The van der Waals surface area contributed by atoms with E-state index in [9.17, 15) is 0 Å². The van der Waals surface area contributed by atoms with Gasteiger partial charge in [0.1, 0.15) is 0 Å². The Kier molecular flexibility index (Phi) is 2.28. The van der Waals surface area contributed by atoms with E-state index in [4.69, 9.17) is 0 Å². The highest BCUT2D eigenvalue weighted by atomic mass is 14.3. The van der Waals surface area contributed by atoms with Crippen molar-refractivity contribution in [1.82, 2.24) is 0 Å². The van der Waals surface area contributed by atoms with Crippen LogP contribution in [0.15, 0.2) is 78.9 Å². The summed E-state index contributed by atoms with van der Waals surface area (Å²) >= 11 is 0. The minimum absolute atomic E-state index is 1.29. The predicted molar refractivity (Wildman–Crippen MR) is 78.9 cm³/mol. The van der Waals surface area contributed by atoms with Crippen LogP contribution < -0.4 is 0 Å². The van der Waals surface area contributed by atoms with Crippen molar-refractivity contribution < 1.29 is 0 Å². The summed E-state index contributed by atoms with van der Waals surface area (Å²) < 4.78 is 0. The molecule has 0 amide bonds. The first-order chi connectivity index (χ1) is 9.45. The van der Waals surface area contributed by atoms with Gasteiger partial charge in [-0.1, -0.05) is 78.9 Å². The molecule has 0 saturated carbocycles. The lowest BCUT2D eigenvalue weighted by atomic mass is 9.89. The van der Waals surface area contributed by atoms with Crippen molar-refractivity contribution in [2.75, 3.05) is 0 Å². The van der Waals surface area contributed by atoms with Crippen LogP contribution in [0.3, 0.4) is 0 Å². The molecule has 0 atom stereocenters. The van der Waals surface area contributed by atoms with Crippen LogP contribution in [0.1, 0.15) is 16.7 Å². The van der Waals surface area contributed by atoms with Crippen molar-refractivity contribution in [3.63, 3.8) is 0 Å². The maximum Gasteiger partial charge on any atom is 0.0641 e. The smallest absolute Gasteiger partial charge is 0.0622 e. The molecule has 3 aromatic rings. The highest BCUT2D eigenvalue weighted by Crippen LogP contribution is 2.46. The molecule has 0 nitrogen and oxygen atoms in total. The molecule has 1 aliphatic carbocycles. The third kappa shape index (κ3) is 1.53. The molecule has 0 aliphatic heterocycles. The molecule has 19 heavy (non-hydrogen) atoms. The van der Waals surface area contributed by atoms with Crippen LogP contribution in [0.25, 0.3) is 11.1 Å². The van der Waals surface area contributed by atoms with Gasteiger partial charge in [-0.25, -0.2) is 0 Å². The molecule has 4 rings (SSSR count). The molecule has 0 heterocycles. The van der Waals surface area contributed by atoms with Gasteiger partial charge in [0.05, 0.1) is 5.92 Å². The van der Waals surface area contributed by atoms with Gasteiger partial charge in [0.2, 0.25) is 0 Å². The van der Waals surface area contributed by atoms with Gasteiger partial charge < -0.3 is 0 Å². The Morgan fingerprint density at radius 3 is 1.32 bits per heavy atom. The number of benzene rings is 3. The molecule has 0 saturated heterocycles. The van der Waals surface area contributed by atoms with Gasteiger partial charge in [0.15, 0.2) is 0 Å². The quantitative estimate of drug-likeness (QED) is 0.453. The van der Waals surface area contributed by atoms with Crippen molar-refractivity contribution in [3.05, 3.63) is 101 Å². The maximum atomic E-state index is 2.22. The monoisotopic (exact) mass is 241 g/mol. The zero-order chi connectivity index (χ0) is 12.7. The molecule has 89 valence electrons. The summed E-state index contributed by atoms with van der Waals surface area (Å²) in [6, 6.07) is 28.0. The number of hydrogen-bond donors (Lipinski definition) is 0. The fourth-order valence-corrected chi connectivity index (χ4v) is 2.93. The minimum atomic E-state index is 1.29. The van der Waals surface area contributed by atoms with E-state index in [0.29, 0.717) is 0 Å². The Bertz CT molecular complexity index is 680. The summed E-state index contributed by atoms with van der Waals surface area (Å²) in [5, 5.41) is 0. The average Bonchev–Trinajstić information content (AvgIpc) is 2.83. The first-order valence-electron chi connectivity index (χ1n) is 6.57. The van der Waals surface area contributed by atoms with Crippen molar-refractivity contribution in [1.29, 1.82) is 0 Å². The number of hydrogen-bond acceptors (Lipinski definition) is 0. The molecule has 0 unspecified atom stereocenters. The molecular weight excluding hydrogens is 228 g/mol. The van der Waals surface area contributed by atoms with E-state index in [1.54, 1.807) is 0 Å². The van der Waals surface area contributed by atoms with Gasteiger partial charge in [-0.15, -0.1) is 0 Å². The maximum absolute atomic E-state index is 2.22. The molecular formula is C19H13. The van der Waals surface area contributed by atoms with E-state index in [1.165, 1.54) is 33.7 Å². The van der Waals surface area contributed by atoms with Crippen LogP contribution in [0.2, 0.25) is 0 Å². The lowest BCUT2D eigenvalue weighted by Gasteiger charge is -2.12. The molecule has 0 spiro atoms. The number of rotatable bonds is 1. The summed E-state index contributed by atoms with van der Waals surface area (Å²) in [6.07, 6.45) is 0. The Balaban J connectivity index is 2.02. The van der Waals surface area contributed by atoms with Gasteiger partial charge in [0.25, 0.3) is 0 Å². The largest absolute Gasteiger partial charge is 0.0641 e. The molecule has 0 aromatic heterocycles. The highest BCUT2D eigenvalue weighted by Gasteiger charge is 2.29. The Morgan fingerprint density at radius 1 is 0.368 bits per heavy atom. The van der Waals surface area contributed by atoms with Crippen LogP contribution in [0.5, 0.6) is 0 Å². The molecule has 0 bridgehead atoms. The van der Waals surface area contributed by atoms with Crippen molar-refractivity contribution >= 4 is 0 Å². The lowest BCUT2D eigenvalue weighted by Crippen LogP contribution is -1.99. The Morgan fingerprint density at radius 2 is 0.789 bits per heavy atom. The molecule has 1 radical (unpaired) electrons. The summed E-state index contributed by atoms with van der Waals surface area (Å²) in [5.41, 5.74) is 6.67. The second-order valence-electron chi connectivity index (χ2n) is 4.83. The first kappa shape index (κ1) is 10.6. The normalized spacial score (nSPS) is 13.1. The minimum Gasteiger partial charge on any atom is -0.0622 e. The predicted octanol–water partition coefficient (Wildman–Crippen LogP) is 4.69. The molecule has 0 heteroatoms. The van der Waals surface area contributed by atoms with Crippen molar-refractivity contribution in [2.45, 2.75) is 0 Å². The van der Waals surface area contributed by atoms with E-state index in [-0.39, 0.29) is 0 Å². The van der Waals surface area contributed by atoms with Crippen molar-refractivity contribution in [2.24, 2.45) is 0 Å². The van der Waals surface area contributed by atoms with Crippen LogP contribution >= 0.6 is 0 Å². The fourth-order valence-electron chi connectivity index (χ4n) is 2.93. The average molecular weight is 241 g/mol. The molecule has 1 aliphatic rings. The summed E-state index contributed by atoms with van der Waals surface area (Å²) in [4.78, 5) is 0. The Hall–Kier alpha value is -2.34. The zero-order valence-corrected chi connectivity index (χ0v) is 10.5. The summed E-state index contributed by atoms with van der Waals surface area (Å²) in [5.74, 6) is 1.35. The SMILES string of the molecule is c1ccc([C]2c3ccccc3-c3ccccc32)cc1. The van der Waals surface area contributed by atoms with Gasteiger partial charge in [0, 0.05) is 0 Å². The van der Waals surface area contributed by atoms with Crippen LogP contribution in [-0.2, 0) is 0 Å². The highest BCUT2D eigenvalue weighted by molar-refractivity contribution is 5.86. The van der Waals surface area contributed by atoms with Gasteiger partial charge in [-0.3, -0.25) is 0 Å². The van der Waals surface area contributed by atoms with Gasteiger partial charge in [-0.05, 0) is 27.8 Å². The first-order valence-corrected chi connectivity index (χ1v) is 6.57. The third-order valence-corrected chi connectivity index (χ3v) is 3.75. The van der Waals surface area contributed by atoms with Crippen LogP contribution in [-0.4, -0.2) is 0 Å². The van der Waals surface area contributed by atoms with Gasteiger partial charge in [-0.2, -0.15) is 0 Å². The summed E-state index contributed by atoms with van der Waals surface area (Å²) in [7, 11) is 0. The topological polar surface area (TPSA) is 0 Å². The standard InChI is InChI=1S/C19H13/c1-2-8-14(9-3-1)19-17-12-6-4-10-15(17)16-11-5-7-13-18(16)19/h1-13H. The molecule has 0 N–H and O–H groups in total. The molecule has 3 aromatic carbocycles. The third-order valence-electron chi connectivity index (χ3n) is 3.75. The van der Waals surface area contributed by atoms with E-state index in [1.807, 2.05) is 0 Å². The lowest BCUT2D eigenvalue weighted by molar-refractivity contribution is 1.28. The van der Waals surface area contributed by atoms with E-state index in [0.717, 1.165) is 0 Å².